The molecule has 0 N–H and O–H groups in total. The number of fused-ring (bicyclic) bond motifs is 1. The molecule has 2 unspecified atom stereocenters. The molecule has 0 aliphatic carbocycles. The Labute approximate surface area is 114 Å². The highest BCUT2D eigenvalue weighted by Gasteiger charge is 2.42. The van der Waals surface area contributed by atoms with Gasteiger partial charge in [-0.2, -0.15) is 0 Å². The number of nitrogens with zero attached hydrogens (tertiary/aromatic N) is 1. The van der Waals surface area contributed by atoms with E-state index < -0.39 is 10.7 Å². The van der Waals surface area contributed by atoms with Crippen molar-refractivity contribution in [2.75, 3.05) is 19.0 Å². The maximum atomic E-state index is 10.8. The van der Waals surface area contributed by atoms with Crippen LogP contribution < -0.4 is 4.74 Å². The summed E-state index contributed by atoms with van der Waals surface area (Å²) < 4.78 is 17.1. The lowest BCUT2D eigenvalue weighted by atomic mass is 10.3. The molecule has 0 radical (unpaired) electrons. The van der Waals surface area contributed by atoms with Gasteiger partial charge in [0.2, 0.25) is 5.79 Å². The third kappa shape index (κ3) is 2.41. The van der Waals surface area contributed by atoms with Crippen LogP contribution >= 0.6 is 11.8 Å². The Morgan fingerprint density at radius 1 is 1.53 bits per heavy atom. The molecule has 1 aromatic rings. The summed E-state index contributed by atoms with van der Waals surface area (Å²) in [6.07, 6.45) is 0.0414. The lowest BCUT2D eigenvalue weighted by Crippen LogP contribution is -2.39. The van der Waals surface area contributed by atoms with Crippen LogP contribution in [0.15, 0.2) is 23.1 Å². The van der Waals surface area contributed by atoms with Crippen molar-refractivity contribution in [2.45, 2.75) is 23.7 Å². The summed E-state index contributed by atoms with van der Waals surface area (Å²) in [4.78, 5) is 11.2. The van der Waals surface area contributed by atoms with E-state index in [2.05, 4.69) is 0 Å². The second-order valence-electron chi connectivity index (χ2n) is 4.62. The zero-order valence-electron chi connectivity index (χ0n) is 10.3. The quantitative estimate of drug-likeness (QED) is 0.581. The van der Waals surface area contributed by atoms with E-state index >= 15 is 0 Å². The third-order valence-corrected chi connectivity index (χ3v) is 4.26. The maximum absolute atomic E-state index is 10.8. The summed E-state index contributed by atoms with van der Waals surface area (Å²) in [7, 11) is 0. The lowest BCUT2D eigenvalue weighted by Gasteiger charge is -2.24. The molecule has 3 rings (SSSR count). The first kappa shape index (κ1) is 12.7. The number of ether oxygens (including phenoxy) is 3. The zero-order chi connectivity index (χ0) is 13.5. The van der Waals surface area contributed by atoms with Gasteiger partial charge < -0.3 is 14.2 Å². The van der Waals surface area contributed by atoms with Gasteiger partial charge in [0, 0.05) is 6.07 Å². The predicted molar refractivity (Wildman–Crippen MR) is 68.5 cm³/mol. The van der Waals surface area contributed by atoms with Gasteiger partial charge in [0.25, 0.3) is 5.69 Å². The largest absolute Gasteiger partial charge is 0.486 e. The van der Waals surface area contributed by atoms with Gasteiger partial charge in [-0.05, 0) is 13.0 Å². The fourth-order valence-electron chi connectivity index (χ4n) is 2.11. The molecule has 19 heavy (non-hydrogen) atoms. The van der Waals surface area contributed by atoms with E-state index in [0.717, 1.165) is 4.90 Å². The first-order chi connectivity index (χ1) is 9.08. The fraction of sp³-hybridized carbons (Fsp3) is 0.500. The van der Waals surface area contributed by atoms with Crippen LogP contribution in [0.25, 0.3) is 0 Å². The zero-order valence-corrected chi connectivity index (χ0v) is 11.1. The molecule has 1 aromatic carbocycles. The van der Waals surface area contributed by atoms with E-state index in [-0.39, 0.29) is 18.4 Å². The lowest BCUT2D eigenvalue weighted by molar-refractivity contribution is -0.385. The summed E-state index contributed by atoms with van der Waals surface area (Å²) in [5.74, 6) is 0.392. The summed E-state index contributed by atoms with van der Waals surface area (Å²) in [5.41, 5.74) is 0.0249. The minimum absolute atomic E-state index is 0.0249. The van der Waals surface area contributed by atoms with Gasteiger partial charge in [-0.3, -0.25) is 10.1 Å². The Balaban J connectivity index is 1.84. The molecular formula is C12H13NO5S. The number of benzene rings is 1. The fourth-order valence-corrected chi connectivity index (χ4v) is 3.15. The molecule has 0 amide bonds. The number of thioether (sulfide) groups is 1. The number of hydrogen-bond donors (Lipinski definition) is 0. The van der Waals surface area contributed by atoms with Crippen LogP contribution in [-0.2, 0) is 9.47 Å². The molecule has 2 atom stereocenters. The van der Waals surface area contributed by atoms with Crippen molar-refractivity contribution in [2.24, 2.45) is 0 Å². The molecule has 6 nitrogen and oxygen atoms in total. The summed E-state index contributed by atoms with van der Waals surface area (Å²) in [6, 6.07) is 4.63. The number of nitro benzene ring substituents is 1. The van der Waals surface area contributed by atoms with Crippen molar-refractivity contribution in [3.63, 3.8) is 0 Å². The molecule has 1 spiro atoms. The molecule has 2 heterocycles. The van der Waals surface area contributed by atoms with Crippen LogP contribution in [0.1, 0.15) is 6.92 Å². The second-order valence-corrected chi connectivity index (χ2v) is 5.63. The van der Waals surface area contributed by atoms with E-state index in [1.807, 2.05) is 6.92 Å². The van der Waals surface area contributed by atoms with Crippen molar-refractivity contribution >= 4 is 17.4 Å². The summed E-state index contributed by atoms with van der Waals surface area (Å²) in [6.45, 7) is 2.74. The number of nitro groups is 1. The molecule has 7 heteroatoms. The molecule has 102 valence electrons. The minimum atomic E-state index is -0.738. The van der Waals surface area contributed by atoms with Gasteiger partial charge in [-0.25, -0.2) is 0 Å². The Kier molecular flexibility index (Phi) is 3.12. The third-order valence-electron chi connectivity index (χ3n) is 3.03. The normalized spacial score (nSPS) is 29.6. The van der Waals surface area contributed by atoms with Crippen molar-refractivity contribution < 1.29 is 19.1 Å². The van der Waals surface area contributed by atoms with Gasteiger partial charge in [0.1, 0.15) is 12.4 Å². The van der Waals surface area contributed by atoms with E-state index in [0.29, 0.717) is 18.1 Å². The van der Waals surface area contributed by atoms with Gasteiger partial charge in [-0.1, -0.05) is 0 Å². The number of hydrogen-bond acceptors (Lipinski definition) is 6. The molecule has 2 aliphatic heterocycles. The molecule has 2 aliphatic rings. The number of non-ortho nitro benzene ring substituents is 1. The Bertz CT molecular complexity index is 523. The van der Waals surface area contributed by atoms with Gasteiger partial charge >= 0.3 is 0 Å². The van der Waals surface area contributed by atoms with Gasteiger partial charge in [0.15, 0.2) is 0 Å². The van der Waals surface area contributed by atoms with E-state index in [1.54, 1.807) is 6.07 Å². The molecule has 1 saturated heterocycles. The molecule has 0 aromatic heterocycles. The highest BCUT2D eigenvalue weighted by molar-refractivity contribution is 7.99. The molecular weight excluding hydrogens is 270 g/mol. The topological polar surface area (TPSA) is 70.8 Å². The van der Waals surface area contributed by atoms with E-state index in [4.69, 9.17) is 14.2 Å². The van der Waals surface area contributed by atoms with Crippen molar-refractivity contribution in [1.29, 1.82) is 0 Å². The van der Waals surface area contributed by atoms with Crippen LogP contribution in [0.3, 0.4) is 0 Å². The van der Waals surface area contributed by atoms with Crippen molar-refractivity contribution in [1.82, 2.24) is 0 Å². The predicted octanol–water partition coefficient (Wildman–Crippen LogP) is 2.21. The van der Waals surface area contributed by atoms with Crippen LogP contribution in [0.4, 0.5) is 5.69 Å². The molecule has 1 fully saturated rings. The van der Waals surface area contributed by atoms with E-state index in [9.17, 15) is 10.1 Å². The minimum Gasteiger partial charge on any atom is -0.486 e. The van der Waals surface area contributed by atoms with Crippen LogP contribution in [0.5, 0.6) is 5.75 Å². The average molecular weight is 283 g/mol. The Morgan fingerprint density at radius 2 is 2.37 bits per heavy atom. The Morgan fingerprint density at radius 3 is 3.05 bits per heavy atom. The second kappa shape index (κ2) is 4.66. The Hall–Kier alpha value is -1.31. The van der Waals surface area contributed by atoms with Gasteiger partial charge in [0.05, 0.1) is 34.3 Å². The smallest absolute Gasteiger partial charge is 0.273 e. The molecule has 0 saturated carbocycles. The van der Waals surface area contributed by atoms with Crippen LogP contribution in [-0.4, -0.2) is 35.8 Å². The maximum Gasteiger partial charge on any atom is 0.273 e. The highest BCUT2D eigenvalue weighted by Crippen LogP contribution is 2.40. The first-order valence-corrected chi connectivity index (χ1v) is 6.92. The highest BCUT2D eigenvalue weighted by atomic mass is 32.2. The molecule has 0 bridgehead atoms. The summed E-state index contributed by atoms with van der Waals surface area (Å²) in [5, 5.41) is 10.8. The number of rotatable bonds is 1. The van der Waals surface area contributed by atoms with Gasteiger partial charge in [-0.15, -0.1) is 11.8 Å². The van der Waals surface area contributed by atoms with Crippen LogP contribution in [0.2, 0.25) is 0 Å². The standard InChI is InChI=1S/C12H13NO5S/c1-8-5-17-12(18-8)6-16-10-4-9(13(14)15)2-3-11(10)19-7-12/h2-4,8H,5-7H2,1H3. The SMILES string of the molecule is CC1COC2(COc3cc([N+](=O)[O-])ccc3SC2)O1. The monoisotopic (exact) mass is 283 g/mol. The van der Waals surface area contributed by atoms with Crippen molar-refractivity contribution in [3.05, 3.63) is 28.3 Å². The average Bonchev–Trinajstić information content (AvgIpc) is 2.66. The van der Waals surface area contributed by atoms with E-state index in [1.165, 1.54) is 23.9 Å². The van der Waals surface area contributed by atoms with Crippen molar-refractivity contribution in [3.8, 4) is 5.75 Å². The first-order valence-electron chi connectivity index (χ1n) is 5.94. The summed E-state index contributed by atoms with van der Waals surface area (Å²) >= 11 is 1.53. The van der Waals surface area contributed by atoms with Crippen LogP contribution in [0, 0.1) is 10.1 Å².